The number of carbonyl (C=O) groups is 2. The zero-order valence-electron chi connectivity index (χ0n) is 14.2. The van der Waals surface area contributed by atoms with Gasteiger partial charge in [-0.2, -0.15) is 0 Å². The number of nitrogens with two attached hydrogens (primary N) is 1. The molecule has 2 amide bonds. The van der Waals surface area contributed by atoms with Gasteiger partial charge in [0.2, 0.25) is 5.91 Å². The predicted molar refractivity (Wildman–Crippen MR) is 92.7 cm³/mol. The molecule has 2 aromatic rings. The Labute approximate surface area is 149 Å². The van der Waals surface area contributed by atoms with Crippen molar-refractivity contribution in [2.75, 3.05) is 12.4 Å². The Morgan fingerprint density at radius 2 is 2.12 bits per heavy atom. The number of carbonyl (C=O) groups excluding carboxylic acids is 2. The number of aliphatic imine (C=N–C) groups is 1. The van der Waals surface area contributed by atoms with E-state index in [4.69, 9.17) is 5.73 Å². The lowest BCUT2D eigenvalue weighted by Gasteiger charge is -2.32. The fraction of sp³-hybridized carbons (Fsp3) is 0.235. The Balaban J connectivity index is 1.88. The Hall–Kier alpha value is -3.36. The third-order valence-electron chi connectivity index (χ3n) is 4.12. The van der Waals surface area contributed by atoms with Gasteiger partial charge in [-0.3, -0.25) is 19.5 Å². The van der Waals surface area contributed by atoms with E-state index in [9.17, 15) is 14.0 Å². The average Bonchev–Trinajstić information content (AvgIpc) is 2.60. The summed E-state index contributed by atoms with van der Waals surface area (Å²) in [7, 11) is 1.55. The summed E-state index contributed by atoms with van der Waals surface area (Å²) in [5.41, 5.74) is 5.38. The van der Waals surface area contributed by atoms with Crippen molar-refractivity contribution in [3.63, 3.8) is 0 Å². The lowest BCUT2D eigenvalue weighted by Crippen LogP contribution is -2.47. The number of rotatable bonds is 3. The van der Waals surface area contributed by atoms with Gasteiger partial charge in [-0.25, -0.2) is 14.4 Å². The summed E-state index contributed by atoms with van der Waals surface area (Å²) in [6.07, 6.45) is 2.89. The van der Waals surface area contributed by atoms with Crippen molar-refractivity contribution in [1.82, 2.24) is 14.9 Å². The summed E-state index contributed by atoms with van der Waals surface area (Å²) in [6.45, 7) is 1.73. The van der Waals surface area contributed by atoms with Crippen LogP contribution in [0.25, 0.3) is 0 Å². The highest BCUT2D eigenvalue weighted by atomic mass is 19.1. The SMILES string of the molecule is CN1C(=O)CC(C)(c2cc(NC(=O)c3ncccc3F)ccn2)N=C1N. The van der Waals surface area contributed by atoms with E-state index in [1.54, 1.807) is 26.1 Å². The number of amides is 2. The molecule has 1 unspecified atom stereocenters. The zero-order chi connectivity index (χ0) is 18.9. The van der Waals surface area contributed by atoms with Gasteiger partial charge < -0.3 is 11.1 Å². The van der Waals surface area contributed by atoms with E-state index in [1.807, 2.05) is 0 Å². The first kappa shape index (κ1) is 17.5. The highest BCUT2D eigenvalue weighted by Crippen LogP contribution is 2.32. The van der Waals surface area contributed by atoms with Crippen LogP contribution in [0.5, 0.6) is 0 Å². The Bertz CT molecular complexity index is 916. The molecule has 3 rings (SSSR count). The summed E-state index contributed by atoms with van der Waals surface area (Å²) in [4.78, 5) is 37.9. The number of halogens is 1. The molecule has 1 aliphatic rings. The molecule has 9 heteroatoms. The lowest BCUT2D eigenvalue weighted by atomic mass is 9.91. The second-order valence-electron chi connectivity index (χ2n) is 6.09. The minimum atomic E-state index is -0.954. The molecule has 0 saturated carbocycles. The first-order chi connectivity index (χ1) is 12.3. The summed E-state index contributed by atoms with van der Waals surface area (Å²) in [5.74, 6) is -1.50. The summed E-state index contributed by atoms with van der Waals surface area (Å²) < 4.78 is 13.7. The van der Waals surface area contributed by atoms with E-state index in [0.29, 0.717) is 11.4 Å². The van der Waals surface area contributed by atoms with Crippen LogP contribution in [0.15, 0.2) is 41.7 Å². The molecule has 134 valence electrons. The number of nitrogens with zero attached hydrogens (tertiary/aromatic N) is 4. The number of nitrogens with one attached hydrogen (secondary N) is 1. The summed E-state index contributed by atoms with van der Waals surface area (Å²) >= 11 is 0. The molecule has 1 aliphatic heterocycles. The number of hydrogen-bond donors (Lipinski definition) is 2. The van der Waals surface area contributed by atoms with Crippen LogP contribution in [0, 0.1) is 5.82 Å². The van der Waals surface area contributed by atoms with Crippen LogP contribution in [0.4, 0.5) is 10.1 Å². The third kappa shape index (κ3) is 3.23. The van der Waals surface area contributed by atoms with Crippen LogP contribution in [-0.2, 0) is 10.3 Å². The molecule has 0 fully saturated rings. The topological polar surface area (TPSA) is 114 Å². The van der Waals surface area contributed by atoms with Gasteiger partial charge in [-0.05, 0) is 31.2 Å². The van der Waals surface area contributed by atoms with E-state index >= 15 is 0 Å². The smallest absolute Gasteiger partial charge is 0.277 e. The van der Waals surface area contributed by atoms with Crippen LogP contribution in [0.1, 0.15) is 29.5 Å². The zero-order valence-corrected chi connectivity index (χ0v) is 14.2. The molecule has 0 radical (unpaired) electrons. The largest absolute Gasteiger partial charge is 0.369 e. The molecule has 0 aliphatic carbocycles. The van der Waals surface area contributed by atoms with Gasteiger partial charge in [0.1, 0.15) is 5.54 Å². The minimum Gasteiger partial charge on any atom is -0.369 e. The average molecular weight is 356 g/mol. The molecule has 0 saturated heterocycles. The molecule has 0 bridgehead atoms. The van der Waals surface area contributed by atoms with Crippen molar-refractivity contribution < 1.29 is 14.0 Å². The van der Waals surface area contributed by atoms with Gasteiger partial charge in [0.25, 0.3) is 5.91 Å². The molecule has 1 atom stereocenters. The first-order valence-electron chi connectivity index (χ1n) is 7.80. The molecule has 0 spiro atoms. The summed E-state index contributed by atoms with van der Waals surface area (Å²) in [5, 5.41) is 2.57. The van der Waals surface area contributed by atoms with Gasteiger partial charge in [-0.1, -0.05) is 0 Å². The van der Waals surface area contributed by atoms with Gasteiger partial charge in [0.15, 0.2) is 17.5 Å². The van der Waals surface area contributed by atoms with Crippen LogP contribution in [0.2, 0.25) is 0 Å². The molecular weight excluding hydrogens is 339 g/mol. The monoisotopic (exact) mass is 356 g/mol. The molecule has 8 nitrogen and oxygen atoms in total. The van der Waals surface area contributed by atoms with Crippen molar-refractivity contribution in [1.29, 1.82) is 0 Å². The van der Waals surface area contributed by atoms with Crippen molar-refractivity contribution in [2.24, 2.45) is 10.7 Å². The quantitative estimate of drug-likeness (QED) is 0.859. The molecular formula is C17H17FN6O2. The predicted octanol–water partition coefficient (Wildman–Crippen LogP) is 1.26. The Morgan fingerprint density at radius 3 is 2.81 bits per heavy atom. The Morgan fingerprint density at radius 1 is 1.35 bits per heavy atom. The second kappa shape index (κ2) is 6.51. The van der Waals surface area contributed by atoms with Crippen LogP contribution in [-0.4, -0.2) is 39.7 Å². The van der Waals surface area contributed by atoms with Crippen molar-refractivity contribution >= 4 is 23.5 Å². The van der Waals surface area contributed by atoms with Crippen molar-refractivity contribution in [3.05, 3.63) is 53.9 Å². The molecule has 3 heterocycles. The van der Waals surface area contributed by atoms with E-state index in [0.717, 1.165) is 6.07 Å². The van der Waals surface area contributed by atoms with Crippen LogP contribution < -0.4 is 11.1 Å². The van der Waals surface area contributed by atoms with E-state index in [-0.39, 0.29) is 24.0 Å². The number of hydrogen-bond acceptors (Lipinski definition) is 6. The van der Waals surface area contributed by atoms with E-state index < -0.39 is 17.3 Å². The first-order valence-corrected chi connectivity index (χ1v) is 7.80. The normalized spacial score (nSPS) is 19.9. The number of pyridine rings is 2. The lowest BCUT2D eigenvalue weighted by molar-refractivity contribution is -0.128. The fourth-order valence-corrected chi connectivity index (χ4v) is 2.60. The highest BCUT2D eigenvalue weighted by molar-refractivity contribution is 6.03. The molecule has 0 aromatic carbocycles. The van der Waals surface area contributed by atoms with Gasteiger partial charge in [0.05, 0.1) is 12.1 Å². The van der Waals surface area contributed by atoms with Gasteiger partial charge in [0, 0.05) is 25.1 Å². The molecule has 26 heavy (non-hydrogen) atoms. The van der Waals surface area contributed by atoms with Crippen molar-refractivity contribution in [3.8, 4) is 0 Å². The van der Waals surface area contributed by atoms with E-state index in [1.165, 1.54) is 23.4 Å². The maximum Gasteiger partial charge on any atom is 0.277 e. The standard InChI is InChI=1S/C17H17FN6O2/c1-17(9-13(25)24(2)16(19)23-17)12-8-10(5-7-20-12)22-15(26)14-11(18)4-3-6-21-14/h3-8H,9H2,1-2H3,(H2,19,23)(H,20,22,26). The van der Waals surface area contributed by atoms with Crippen LogP contribution >= 0.6 is 0 Å². The second-order valence-corrected chi connectivity index (χ2v) is 6.09. The maximum atomic E-state index is 13.7. The minimum absolute atomic E-state index is 0.0868. The van der Waals surface area contributed by atoms with Crippen molar-refractivity contribution in [2.45, 2.75) is 18.9 Å². The van der Waals surface area contributed by atoms with Gasteiger partial charge in [-0.15, -0.1) is 0 Å². The van der Waals surface area contributed by atoms with Gasteiger partial charge >= 0.3 is 0 Å². The van der Waals surface area contributed by atoms with Crippen LogP contribution in [0.3, 0.4) is 0 Å². The fourth-order valence-electron chi connectivity index (χ4n) is 2.60. The Kier molecular flexibility index (Phi) is 4.37. The highest BCUT2D eigenvalue weighted by Gasteiger charge is 2.37. The number of aromatic nitrogens is 2. The molecule has 3 N–H and O–H groups in total. The number of anilines is 1. The maximum absolute atomic E-state index is 13.7. The number of guanidine groups is 1. The third-order valence-corrected chi connectivity index (χ3v) is 4.12. The molecule has 2 aromatic heterocycles. The van der Waals surface area contributed by atoms with E-state index in [2.05, 4.69) is 20.3 Å². The summed E-state index contributed by atoms with van der Waals surface area (Å²) in [6, 6.07) is 5.68.